The number of nitro benzene ring substituents is 1. The molecule has 4 aromatic rings. The standard InChI is InChI=1S/C30H21N3O5/c1-18-9-14-24-23(17-18)30(29(36)31-24,25-26(34)21-7-3-4-8-22(21)27(25)35)28(32-15-5-2-6-16-32)19-10-12-20(13-11-19)33(37)38/h2-17,28H,1H3,(H-,31,34,35,36)/t28-,30-/m1/s1. The van der Waals surface area contributed by atoms with Gasteiger partial charge in [0, 0.05) is 52.2 Å². The molecule has 0 spiro atoms. The van der Waals surface area contributed by atoms with Crippen molar-refractivity contribution in [2.24, 2.45) is 0 Å². The number of hydrogen-bond donors (Lipinski definition) is 1. The first kappa shape index (κ1) is 23.3. The molecule has 0 fully saturated rings. The zero-order valence-electron chi connectivity index (χ0n) is 20.3. The summed E-state index contributed by atoms with van der Waals surface area (Å²) in [6.45, 7) is 1.88. The minimum Gasteiger partial charge on any atom is -0.872 e. The Kier molecular flexibility index (Phi) is 5.20. The van der Waals surface area contributed by atoms with Crippen LogP contribution in [0.1, 0.15) is 38.7 Å². The third kappa shape index (κ3) is 3.20. The molecule has 2 aliphatic rings. The number of Topliss-reactive ketones (excluding diaryl/α,β-unsaturated/α-hetero) is 1. The average Bonchev–Trinajstić information content (AvgIpc) is 3.35. The van der Waals surface area contributed by atoms with Crippen molar-refractivity contribution >= 4 is 28.8 Å². The molecule has 1 N–H and O–H groups in total. The van der Waals surface area contributed by atoms with Crippen LogP contribution in [-0.2, 0) is 10.2 Å². The number of amides is 1. The molecule has 0 unspecified atom stereocenters. The number of fused-ring (bicyclic) bond motifs is 2. The van der Waals surface area contributed by atoms with Crippen LogP contribution < -0.4 is 15.0 Å². The fraction of sp³-hybridized carbons (Fsp3) is 0.100. The lowest BCUT2D eigenvalue weighted by molar-refractivity contribution is -0.719. The van der Waals surface area contributed by atoms with Gasteiger partial charge in [-0.3, -0.25) is 19.7 Å². The van der Waals surface area contributed by atoms with Crippen molar-refractivity contribution < 1.29 is 24.2 Å². The molecule has 2 atom stereocenters. The zero-order valence-corrected chi connectivity index (χ0v) is 20.3. The molecule has 0 bridgehead atoms. The van der Waals surface area contributed by atoms with E-state index in [1.54, 1.807) is 71.6 Å². The Labute approximate surface area is 217 Å². The van der Waals surface area contributed by atoms with Crippen LogP contribution >= 0.6 is 0 Å². The normalized spacial score (nSPS) is 18.7. The summed E-state index contributed by atoms with van der Waals surface area (Å²) < 4.78 is 1.77. The Hall–Kier alpha value is -5.11. The highest BCUT2D eigenvalue weighted by Crippen LogP contribution is 2.54. The van der Waals surface area contributed by atoms with Crippen molar-refractivity contribution in [2.45, 2.75) is 18.4 Å². The van der Waals surface area contributed by atoms with Crippen LogP contribution in [0.2, 0.25) is 0 Å². The van der Waals surface area contributed by atoms with Gasteiger partial charge >= 0.3 is 0 Å². The number of nitro groups is 1. The van der Waals surface area contributed by atoms with Gasteiger partial charge in [-0.05, 0) is 30.7 Å². The van der Waals surface area contributed by atoms with Crippen LogP contribution in [-0.4, -0.2) is 16.6 Å². The second-order valence-electron chi connectivity index (χ2n) is 9.46. The van der Waals surface area contributed by atoms with Gasteiger partial charge in [-0.2, -0.15) is 4.57 Å². The molecule has 0 saturated heterocycles. The number of pyridine rings is 1. The highest BCUT2D eigenvalue weighted by atomic mass is 16.6. The monoisotopic (exact) mass is 503 g/mol. The lowest BCUT2D eigenvalue weighted by atomic mass is 9.65. The highest BCUT2D eigenvalue weighted by molar-refractivity contribution is 6.27. The predicted octanol–water partition coefficient (Wildman–Crippen LogP) is 3.64. The second-order valence-corrected chi connectivity index (χ2v) is 9.46. The largest absolute Gasteiger partial charge is 0.872 e. The number of anilines is 1. The lowest BCUT2D eigenvalue weighted by Gasteiger charge is -2.35. The maximum absolute atomic E-state index is 14.3. The van der Waals surface area contributed by atoms with Gasteiger partial charge in [0.15, 0.2) is 23.6 Å². The van der Waals surface area contributed by atoms with Gasteiger partial charge in [0.1, 0.15) is 0 Å². The Bertz CT molecular complexity index is 1680. The van der Waals surface area contributed by atoms with Gasteiger partial charge in [0.25, 0.3) is 5.69 Å². The van der Waals surface area contributed by atoms with Crippen LogP contribution in [0.4, 0.5) is 11.4 Å². The summed E-state index contributed by atoms with van der Waals surface area (Å²) in [5.41, 5.74) is 0.889. The Morgan fingerprint density at radius 3 is 2.24 bits per heavy atom. The quantitative estimate of drug-likeness (QED) is 0.254. The van der Waals surface area contributed by atoms with Crippen molar-refractivity contribution in [1.29, 1.82) is 0 Å². The molecular weight excluding hydrogens is 482 g/mol. The summed E-state index contributed by atoms with van der Waals surface area (Å²) in [6.07, 6.45) is 3.51. The van der Waals surface area contributed by atoms with Crippen molar-refractivity contribution in [3.05, 3.63) is 141 Å². The number of aromatic nitrogens is 1. The van der Waals surface area contributed by atoms with Gasteiger partial charge in [0.2, 0.25) is 11.9 Å². The molecule has 1 aliphatic heterocycles. The first-order valence-electron chi connectivity index (χ1n) is 12.0. The van der Waals surface area contributed by atoms with Crippen molar-refractivity contribution in [3.8, 4) is 0 Å². The number of benzene rings is 3. The van der Waals surface area contributed by atoms with Crippen LogP contribution in [0.15, 0.2) is 103 Å². The average molecular weight is 504 g/mol. The third-order valence-corrected chi connectivity index (χ3v) is 7.34. The SMILES string of the molecule is Cc1ccc2c(c1)[C@@](C1=C([O-])c3ccccc3C1=O)([C@@H](c1ccc([N+](=O)[O-])cc1)[n+]1ccccc1)C(=O)N2. The maximum atomic E-state index is 14.3. The number of carbonyl (C=O) groups excluding carboxylic acids is 2. The van der Waals surface area contributed by atoms with Gasteiger partial charge < -0.3 is 10.4 Å². The van der Waals surface area contributed by atoms with E-state index in [-0.39, 0.29) is 22.4 Å². The molecule has 0 saturated carbocycles. The minimum atomic E-state index is -1.75. The molecule has 0 radical (unpaired) electrons. The summed E-state index contributed by atoms with van der Waals surface area (Å²) in [4.78, 5) is 39.2. The van der Waals surface area contributed by atoms with E-state index in [0.29, 0.717) is 16.8 Å². The van der Waals surface area contributed by atoms with Crippen LogP contribution in [0.5, 0.6) is 0 Å². The van der Waals surface area contributed by atoms with Gasteiger partial charge in [-0.15, -0.1) is 0 Å². The first-order chi connectivity index (χ1) is 18.3. The smallest absolute Gasteiger partial charge is 0.269 e. The number of aryl methyl sites for hydroxylation is 1. The first-order valence-corrected chi connectivity index (χ1v) is 12.0. The minimum absolute atomic E-state index is 0.111. The molecule has 186 valence electrons. The van der Waals surface area contributed by atoms with Gasteiger partial charge in [-0.25, -0.2) is 0 Å². The zero-order chi connectivity index (χ0) is 26.6. The molecule has 38 heavy (non-hydrogen) atoms. The van der Waals surface area contributed by atoms with E-state index in [9.17, 15) is 24.8 Å². The van der Waals surface area contributed by atoms with E-state index < -0.39 is 33.8 Å². The summed E-state index contributed by atoms with van der Waals surface area (Å²) in [5.74, 6) is -1.51. The maximum Gasteiger partial charge on any atom is 0.269 e. The molecular formula is C30H21N3O5. The van der Waals surface area contributed by atoms with Crippen LogP contribution in [0.25, 0.3) is 5.76 Å². The molecule has 1 aliphatic carbocycles. The highest BCUT2D eigenvalue weighted by Gasteiger charge is 2.63. The predicted molar refractivity (Wildman–Crippen MR) is 137 cm³/mol. The van der Waals surface area contributed by atoms with Gasteiger partial charge in [-0.1, -0.05) is 53.8 Å². The fourth-order valence-corrected chi connectivity index (χ4v) is 5.71. The number of nitrogens with one attached hydrogen (secondary N) is 1. The summed E-state index contributed by atoms with van der Waals surface area (Å²) >= 11 is 0. The summed E-state index contributed by atoms with van der Waals surface area (Å²) in [7, 11) is 0. The topological polar surface area (TPSA) is 116 Å². The molecule has 3 aromatic carbocycles. The molecule has 6 rings (SSSR count). The van der Waals surface area contributed by atoms with Crippen molar-refractivity contribution in [3.63, 3.8) is 0 Å². The molecule has 8 nitrogen and oxygen atoms in total. The van der Waals surface area contributed by atoms with E-state index in [0.717, 1.165) is 5.56 Å². The van der Waals surface area contributed by atoms with Crippen molar-refractivity contribution in [2.75, 3.05) is 5.32 Å². The van der Waals surface area contributed by atoms with Crippen molar-refractivity contribution in [1.82, 2.24) is 0 Å². The van der Waals surface area contributed by atoms with E-state index in [1.807, 2.05) is 25.1 Å². The number of carbonyl (C=O) groups is 2. The molecule has 2 heterocycles. The number of hydrogen-bond acceptors (Lipinski definition) is 5. The van der Waals surface area contributed by atoms with E-state index in [1.165, 1.54) is 12.1 Å². The fourth-order valence-electron chi connectivity index (χ4n) is 5.71. The number of nitrogens with zero attached hydrogens (tertiary/aromatic N) is 2. The summed E-state index contributed by atoms with van der Waals surface area (Å²) in [5, 5.41) is 28.3. The Balaban J connectivity index is 1.73. The second kappa shape index (κ2) is 8.48. The molecule has 1 amide bonds. The summed E-state index contributed by atoms with van der Waals surface area (Å²) in [6, 6.07) is 22.4. The Morgan fingerprint density at radius 2 is 1.58 bits per heavy atom. The molecule has 1 aromatic heterocycles. The van der Waals surface area contributed by atoms with Crippen LogP contribution in [0, 0.1) is 17.0 Å². The van der Waals surface area contributed by atoms with Crippen LogP contribution in [0.3, 0.4) is 0 Å². The van der Waals surface area contributed by atoms with E-state index in [2.05, 4.69) is 5.32 Å². The Morgan fingerprint density at radius 1 is 0.895 bits per heavy atom. The van der Waals surface area contributed by atoms with Gasteiger partial charge in [0.05, 0.1) is 4.92 Å². The lowest BCUT2D eigenvalue weighted by Crippen LogP contribution is -2.57. The number of ketones is 1. The third-order valence-electron chi connectivity index (χ3n) is 7.34. The van der Waals surface area contributed by atoms with E-state index in [4.69, 9.17) is 0 Å². The number of rotatable bonds is 5. The number of non-ortho nitro benzene ring substituents is 1. The molecule has 8 heteroatoms. The van der Waals surface area contributed by atoms with E-state index >= 15 is 0 Å².